The van der Waals surface area contributed by atoms with E-state index >= 15 is 0 Å². The van der Waals surface area contributed by atoms with Crippen molar-refractivity contribution >= 4 is 11.6 Å². The van der Waals surface area contributed by atoms with E-state index < -0.39 is 0 Å². The Kier molecular flexibility index (Phi) is 3.49. The van der Waals surface area contributed by atoms with Crippen LogP contribution in [0.2, 0.25) is 0 Å². The van der Waals surface area contributed by atoms with E-state index in [1.54, 1.807) is 24.1 Å². The van der Waals surface area contributed by atoms with Crippen LogP contribution in [-0.2, 0) is 4.79 Å². The quantitative estimate of drug-likeness (QED) is 0.874. The van der Waals surface area contributed by atoms with Crippen LogP contribution in [0, 0.1) is 5.82 Å². The van der Waals surface area contributed by atoms with Gasteiger partial charge in [-0.25, -0.2) is 4.39 Å². The molecular formula is C14H20FN3O. The predicted molar refractivity (Wildman–Crippen MR) is 73.4 cm³/mol. The highest BCUT2D eigenvalue weighted by Gasteiger charge is 2.42. The Labute approximate surface area is 113 Å². The highest BCUT2D eigenvalue weighted by atomic mass is 19.1. The molecule has 1 aliphatic heterocycles. The van der Waals surface area contributed by atoms with E-state index in [9.17, 15) is 9.18 Å². The first kappa shape index (κ1) is 13.8. The maximum atomic E-state index is 13.0. The first-order chi connectivity index (χ1) is 8.86. The highest BCUT2D eigenvalue weighted by Crippen LogP contribution is 2.28. The first-order valence-electron chi connectivity index (χ1n) is 6.37. The molecule has 2 N–H and O–H groups in total. The molecule has 1 amide bonds. The molecule has 0 bridgehead atoms. The second-order valence-corrected chi connectivity index (χ2v) is 5.57. The van der Waals surface area contributed by atoms with E-state index in [0.717, 1.165) is 5.69 Å². The number of nitrogens with zero attached hydrogens (tertiary/aromatic N) is 2. The summed E-state index contributed by atoms with van der Waals surface area (Å²) in [4.78, 5) is 16.1. The largest absolute Gasteiger partial charge is 0.356 e. The van der Waals surface area contributed by atoms with Crippen molar-refractivity contribution < 1.29 is 9.18 Å². The van der Waals surface area contributed by atoms with E-state index in [1.807, 2.05) is 18.7 Å². The standard InChI is InChI=1S/C14H20FN3O/c1-14(2)9-18(11-6-4-10(15)5-7-11)12(8-16)13(19)17(14)3/h4-7,12H,8-9,16H2,1-3H3. The van der Waals surface area contributed by atoms with Crippen molar-refractivity contribution in [2.45, 2.75) is 25.4 Å². The third kappa shape index (κ3) is 2.42. The zero-order valence-electron chi connectivity index (χ0n) is 11.6. The first-order valence-corrected chi connectivity index (χ1v) is 6.37. The van der Waals surface area contributed by atoms with Gasteiger partial charge in [-0.15, -0.1) is 0 Å². The van der Waals surface area contributed by atoms with Crippen LogP contribution in [0.1, 0.15) is 13.8 Å². The van der Waals surface area contributed by atoms with Gasteiger partial charge in [-0.05, 0) is 38.1 Å². The Morgan fingerprint density at radius 3 is 2.47 bits per heavy atom. The molecule has 1 aliphatic rings. The minimum absolute atomic E-state index is 0.00285. The van der Waals surface area contributed by atoms with E-state index in [4.69, 9.17) is 5.73 Å². The molecule has 0 spiro atoms. The molecule has 4 nitrogen and oxygen atoms in total. The summed E-state index contributed by atoms with van der Waals surface area (Å²) in [6.45, 7) is 4.93. The minimum atomic E-state index is -0.386. The van der Waals surface area contributed by atoms with Crippen molar-refractivity contribution in [1.29, 1.82) is 0 Å². The number of piperazine rings is 1. The van der Waals surface area contributed by atoms with E-state index in [-0.39, 0.29) is 29.8 Å². The summed E-state index contributed by atoms with van der Waals surface area (Å²) in [5, 5.41) is 0. The third-order valence-corrected chi connectivity index (χ3v) is 3.84. The SMILES string of the molecule is CN1C(=O)C(CN)N(c2ccc(F)cc2)CC1(C)C. The number of carbonyl (C=O) groups excluding carboxylic acids is 1. The van der Waals surface area contributed by atoms with Crippen LogP contribution in [0.25, 0.3) is 0 Å². The van der Waals surface area contributed by atoms with Crippen molar-refractivity contribution in [3.05, 3.63) is 30.1 Å². The fourth-order valence-electron chi connectivity index (χ4n) is 2.42. The van der Waals surface area contributed by atoms with Crippen molar-refractivity contribution in [2.75, 3.05) is 25.0 Å². The summed E-state index contributed by atoms with van der Waals surface area (Å²) in [5.41, 5.74) is 6.28. The molecule has 1 fully saturated rings. The summed E-state index contributed by atoms with van der Waals surface area (Å²) in [6.07, 6.45) is 0. The molecule has 5 heteroatoms. The van der Waals surface area contributed by atoms with Crippen LogP contribution < -0.4 is 10.6 Å². The average Bonchev–Trinajstić information content (AvgIpc) is 2.37. The van der Waals surface area contributed by atoms with Crippen molar-refractivity contribution in [3.8, 4) is 0 Å². The van der Waals surface area contributed by atoms with Crippen LogP contribution in [0.15, 0.2) is 24.3 Å². The third-order valence-electron chi connectivity index (χ3n) is 3.84. The van der Waals surface area contributed by atoms with Gasteiger partial charge in [-0.3, -0.25) is 4.79 Å². The van der Waals surface area contributed by atoms with Gasteiger partial charge >= 0.3 is 0 Å². The lowest BCUT2D eigenvalue weighted by Crippen LogP contribution is -2.67. The molecule has 1 aromatic carbocycles. The molecule has 1 saturated heterocycles. The van der Waals surface area contributed by atoms with Crippen molar-refractivity contribution in [1.82, 2.24) is 4.90 Å². The molecule has 0 aromatic heterocycles. The molecule has 1 heterocycles. The zero-order chi connectivity index (χ0) is 14.2. The van der Waals surface area contributed by atoms with Gasteiger partial charge in [0.15, 0.2) is 0 Å². The van der Waals surface area contributed by atoms with Gasteiger partial charge in [0.05, 0.1) is 5.54 Å². The van der Waals surface area contributed by atoms with Crippen molar-refractivity contribution in [2.24, 2.45) is 5.73 Å². The van der Waals surface area contributed by atoms with Crippen LogP contribution in [0.5, 0.6) is 0 Å². The average molecular weight is 265 g/mol. The smallest absolute Gasteiger partial charge is 0.246 e. The molecule has 104 valence electrons. The number of hydrogen-bond donors (Lipinski definition) is 1. The molecule has 0 saturated carbocycles. The van der Waals surface area contributed by atoms with Crippen LogP contribution in [0.3, 0.4) is 0 Å². The lowest BCUT2D eigenvalue weighted by Gasteiger charge is -2.49. The second kappa shape index (κ2) is 4.81. The number of carbonyl (C=O) groups is 1. The molecule has 0 aliphatic carbocycles. The Morgan fingerprint density at radius 2 is 1.95 bits per heavy atom. The maximum Gasteiger partial charge on any atom is 0.246 e. The number of anilines is 1. The lowest BCUT2D eigenvalue weighted by molar-refractivity contribution is -0.138. The highest BCUT2D eigenvalue weighted by molar-refractivity contribution is 5.87. The maximum absolute atomic E-state index is 13.0. The number of hydrogen-bond acceptors (Lipinski definition) is 3. The number of halogens is 1. The van der Waals surface area contributed by atoms with Crippen LogP contribution >= 0.6 is 0 Å². The summed E-state index contributed by atoms with van der Waals surface area (Å²) in [6, 6.07) is 5.79. The fraction of sp³-hybridized carbons (Fsp3) is 0.500. The topological polar surface area (TPSA) is 49.6 Å². The van der Waals surface area contributed by atoms with Gasteiger partial charge in [0, 0.05) is 25.8 Å². The van der Waals surface area contributed by atoms with Crippen LogP contribution in [-0.4, -0.2) is 42.5 Å². The molecule has 1 unspecified atom stereocenters. The van der Waals surface area contributed by atoms with Gasteiger partial charge in [-0.1, -0.05) is 0 Å². The fourth-order valence-corrected chi connectivity index (χ4v) is 2.42. The molecule has 0 radical (unpaired) electrons. The van der Waals surface area contributed by atoms with E-state index in [0.29, 0.717) is 6.54 Å². The van der Waals surface area contributed by atoms with Crippen LogP contribution in [0.4, 0.5) is 10.1 Å². The number of likely N-dealkylation sites (N-methyl/N-ethyl adjacent to an activating group) is 1. The molecule has 19 heavy (non-hydrogen) atoms. The Balaban J connectivity index is 2.37. The zero-order valence-corrected chi connectivity index (χ0v) is 11.6. The number of amides is 1. The van der Waals surface area contributed by atoms with E-state index in [2.05, 4.69) is 0 Å². The Bertz CT molecular complexity index is 472. The molecule has 1 aromatic rings. The monoisotopic (exact) mass is 265 g/mol. The number of benzene rings is 1. The Hall–Kier alpha value is -1.62. The summed E-state index contributed by atoms with van der Waals surface area (Å²) >= 11 is 0. The van der Waals surface area contributed by atoms with Crippen molar-refractivity contribution in [3.63, 3.8) is 0 Å². The minimum Gasteiger partial charge on any atom is -0.356 e. The molecule has 1 atom stereocenters. The predicted octanol–water partition coefficient (Wildman–Crippen LogP) is 1.21. The molecular weight excluding hydrogens is 245 g/mol. The van der Waals surface area contributed by atoms with Gasteiger partial charge in [0.2, 0.25) is 5.91 Å². The summed E-state index contributed by atoms with van der Waals surface area (Å²) in [7, 11) is 1.80. The number of nitrogens with two attached hydrogens (primary N) is 1. The van der Waals surface area contributed by atoms with E-state index in [1.165, 1.54) is 12.1 Å². The van der Waals surface area contributed by atoms with Gasteiger partial charge < -0.3 is 15.5 Å². The molecule has 2 rings (SSSR count). The lowest BCUT2D eigenvalue weighted by atomic mass is 9.95. The summed E-state index contributed by atoms with van der Waals surface area (Å²) in [5.74, 6) is -0.282. The van der Waals surface area contributed by atoms with Gasteiger partial charge in [0.25, 0.3) is 0 Å². The second-order valence-electron chi connectivity index (χ2n) is 5.57. The Morgan fingerprint density at radius 1 is 1.37 bits per heavy atom. The van der Waals surface area contributed by atoms with Gasteiger partial charge in [0.1, 0.15) is 11.9 Å². The van der Waals surface area contributed by atoms with Gasteiger partial charge in [-0.2, -0.15) is 0 Å². The number of rotatable bonds is 2. The normalized spacial score (nSPS) is 22.8. The summed E-state index contributed by atoms with van der Waals surface area (Å²) < 4.78 is 13.0.